The Labute approximate surface area is 280 Å². The number of hydrogen-bond acceptors (Lipinski definition) is 12. The number of rotatable bonds is 9. The normalized spacial score (nSPS) is 20.5. The highest BCUT2D eigenvalue weighted by atomic mass is 32.2. The lowest BCUT2D eigenvalue weighted by molar-refractivity contribution is -0.150. The number of nitrogens with two attached hydrogens (primary N) is 1. The Balaban J connectivity index is 1.17. The molecule has 1 unspecified atom stereocenters. The van der Waals surface area contributed by atoms with Crippen LogP contribution in [-0.2, 0) is 25.4 Å². The number of thioether (sulfide) groups is 2. The number of nitrogen functional groups attached to an aromatic ring is 1. The monoisotopic (exact) mass is 723 g/mol. The molecule has 246 valence electrons. The number of anilines is 1. The maximum absolute atomic E-state index is 13.3. The number of amides is 2. The number of thiazole rings is 1. The summed E-state index contributed by atoms with van der Waals surface area (Å²) >= 11 is 4.39. The predicted octanol–water partition coefficient (Wildman–Crippen LogP) is 5.03. The van der Waals surface area contributed by atoms with Crippen molar-refractivity contribution >= 4 is 84.9 Å². The molecule has 2 amide bonds. The van der Waals surface area contributed by atoms with Gasteiger partial charge in [0.15, 0.2) is 16.3 Å². The molecule has 3 aromatic rings. The molecule has 0 spiro atoms. The first-order valence-corrected chi connectivity index (χ1v) is 17.7. The number of carbonyl (C=O) groups excluding carboxylic acids is 2. The molecule has 1 saturated heterocycles. The predicted molar refractivity (Wildman–Crippen MR) is 174 cm³/mol. The van der Waals surface area contributed by atoms with Crippen molar-refractivity contribution in [3.8, 4) is 0 Å². The summed E-state index contributed by atoms with van der Waals surface area (Å²) in [5.41, 5.74) is 4.54. The summed E-state index contributed by atoms with van der Waals surface area (Å²) in [6.07, 6.45) is 0.375. The van der Waals surface area contributed by atoms with Gasteiger partial charge in [0.25, 0.3) is 11.8 Å². The van der Waals surface area contributed by atoms with E-state index in [2.05, 4.69) is 15.5 Å². The van der Waals surface area contributed by atoms with Crippen LogP contribution < -0.4 is 16.5 Å². The molecule has 18 heteroatoms. The van der Waals surface area contributed by atoms with Crippen LogP contribution in [0.3, 0.4) is 0 Å². The molecule has 3 aliphatic rings. The van der Waals surface area contributed by atoms with E-state index in [-0.39, 0.29) is 44.2 Å². The third-order valence-electron chi connectivity index (χ3n) is 7.55. The average molecular weight is 724 g/mol. The number of carboxylic acid groups (broad SMARTS) is 1. The van der Waals surface area contributed by atoms with Crippen molar-refractivity contribution in [3.05, 3.63) is 73.9 Å². The quantitative estimate of drug-likeness (QED) is 0.118. The summed E-state index contributed by atoms with van der Waals surface area (Å²) in [4.78, 5) is 62.2. The minimum atomic E-state index is -4.56. The first-order valence-electron chi connectivity index (χ1n) is 14.1. The fraction of sp³-hybridized carbons (Fsp3) is 0.310. The van der Waals surface area contributed by atoms with Gasteiger partial charge >= 0.3 is 12.1 Å². The minimum absolute atomic E-state index is 0.136. The van der Waals surface area contributed by atoms with Crippen LogP contribution in [0.5, 0.6) is 0 Å². The lowest BCUT2D eigenvalue weighted by Crippen LogP contribution is -2.71. The number of carboxylic acids is 1. The van der Waals surface area contributed by atoms with Gasteiger partial charge in [0.2, 0.25) is 0 Å². The first kappa shape index (κ1) is 33.0. The standard InChI is InChI=1S/C29H24F3N5O6S4/c30-29(31,32)14-5-6-16-18(38)10-20(47-19(16)9-14)44-8-7-13-11-45-26-22(25(40)37(26)23(13)27(41)42)35-24(39)21(17-12-46-28(33)34-17)36-43-15-3-1-2-4-15/h5-10,12,15,22,26H,1-4,11H2,(H2,33,34)(H,35,39)(H,41,42)/t22?,26-/m0/s1. The molecule has 2 atom stereocenters. The molecule has 4 N–H and O–H groups in total. The van der Waals surface area contributed by atoms with Crippen molar-refractivity contribution < 1.29 is 37.5 Å². The molecule has 0 bridgehead atoms. The molecule has 47 heavy (non-hydrogen) atoms. The van der Waals surface area contributed by atoms with Gasteiger partial charge in [-0.1, -0.05) is 16.9 Å². The van der Waals surface area contributed by atoms with Crippen molar-refractivity contribution in [1.82, 2.24) is 15.2 Å². The maximum Gasteiger partial charge on any atom is 0.416 e. The number of allylic oxidation sites excluding steroid dienone is 1. The van der Waals surface area contributed by atoms with Gasteiger partial charge in [0, 0.05) is 27.3 Å². The highest BCUT2D eigenvalue weighted by Gasteiger charge is 2.54. The molecule has 2 fully saturated rings. The Morgan fingerprint density at radius 3 is 2.66 bits per heavy atom. The van der Waals surface area contributed by atoms with Gasteiger partial charge < -0.3 is 21.0 Å². The largest absolute Gasteiger partial charge is 0.477 e. The highest BCUT2D eigenvalue weighted by molar-refractivity contribution is 8.04. The van der Waals surface area contributed by atoms with Crippen molar-refractivity contribution in [2.75, 3.05) is 11.5 Å². The number of nitrogens with one attached hydrogen (secondary N) is 1. The van der Waals surface area contributed by atoms with E-state index in [1.165, 1.54) is 29.3 Å². The van der Waals surface area contributed by atoms with Gasteiger partial charge in [-0.15, -0.1) is 34.4 Å². The number of oxime groups is 1. The zero-order chi connectivity index (χ0) is 33.5. The highest BCUT2D eigenvalue weighted by Crippen LogP contribution is 2.41. The average Bonchev–Trinajstić information content (AvgIpc) is 3.71. The summed E-state index contributed by atoms with van der Waals surface area (Å²) < 4.78 is 40.1. The molecule has 2 aromatic heterocycles. The smallest absolute Gasteiger partial charge is 0.416 e. The van der Waals surface area contributed by atoms with Crippen LogP contribution in [0.2, 0.25) is 0 Å². The van der Waals surface area contributed by atoms with Crippen molar-refractivity contribution in [3.63, 3.8) is 0 Å². The molecule has 6 rings (SSSR count). The van der Waals surface area contributed by atoms with E-state index in [0.29, 0.717) is 9.78 Å². The number of nitrogens with zero attached hydrogens (tertiary/aromatic N) is 3. The fourth-order valence-electron chi connectivity index (χ4n) is 5.25. The third-order valence-corrected chi connectivity index (χ3v) is 11.6. The Bertz CT molecular complexity index is 1920. The van der Waals surface area contributed by atoms with E-state index in [4.69, 9.17) is 10.6 Å². The van der Waals surface area contributed by atoms with Crippen LogP contribution in [0, 0.1) is 0 Å². The fourth-order valence-corrected chi connectivity index (χ4v) is 9.14. The number of hydrogen-bond donors (Lipinski definition) is 3. The number of carbonyl (C=O) groups is 3. The van der Waals surface area contributed by atoms with Gasteiger partial charge in [0.05, 0.1) is 9.77 Å². The van der Waals surface area contributed by atoms with Crippen LogP contribution in [-0.4, -0.2) is 61.8 Å². The molecular weight excluding hydrogens is 700 g/mol. The van der Waals surface area contributed by atoms with Crippen LogP contribution in [0.25, 0.3) is 10.1 Å². The second kappa shape index (κ2) is 13.3. The number of fused-ring (bicyclic) bond motifs is 2. The van der Waals surface area contributed by atoms with E-state index in [0.717, 1.165) is 83.2 Å². The van der Waals surface area contributed by atoms with Gasteiger partial charge in [-0.3, -0.25) is 19.3 Å². The SMILES string of the molecule is Nc1nc(C(=NOC2CCCC2)C(=O)NC2C(=O)N3C(C(=O)O)=C(C=CSc4cc(=O)c5ccc(C(F)(F)F)cc5s4)CS[C@@H]23)cs1. The van der Waals surface area contributed by atoms with E-state index >= 15 is 0 Å². The molecule has 1 aromatic carbocycles. The van der Waals surface area contributed by atoms with Crippen molar-refractivity contribution in [2.45, 2.75) is 53.6 Å². The summed E-state index contributed by atoms with van der Waals surface area (Å²) in [5, 5.41) is 19.5. The number of aromatic nitrogens is 1. The summed E-state index contributed by atoms with van der Waals surface area (Å²) in [6, 6.07) is 3.20. The molecule has 1 aliphatic carbocycles. The van der Waals surface area contributed by atoms with Gasteiger partial charge in [-0.05, 0) is 60.9 Å². The summed E-state index contributed by atoms with van der Waals surface area (Å²) in [5.74, 6) is -2.52. The zero-order valence-corrected chi connectivity index (χ0v) is 27.2. The van der Waals surface area contributed by atoms with E-state index in [9.17, 15) is 37.5 Å². The topological polar surface area (TPSA) is 164 Å². The van der Waals surface area contributed by atoms with Gasteiger partial charge in [0.1, 0.15) is 28.9 Å². The molecular formula is C29H24F3N5O6S4. The van der Waals surface area contributed by atoms with Gasteiger partial charge in [-0.25, -0.2) is 9.78 Å². The maximum atomic E-state index is 13.3. The van der Waals surface area contributed by atoms with E-state index in [1.807, 2.05) is 0 Å². The Kier molecular flexibility index (Phi) is 9.37. The van der Waals surface area contributed by atoms with Crippen LogP contribution in [0.15, 0.2) is 66.6 Å². The minimum Gasteiger partial charge on any atom is -0.477 e. The Morgan fingerprint density at radius 2 is 1.98 bits per heavy atom. The molecule has 0 radical (unpaired) electrons. The van der Waals surface area contributed by atoms with E-state index < -0.39 is 46.4 Å². The Morgan fingerprint density at radius 1 is 1.21 bits per heavy atom. The third kappa shape index (κ3) is 6.90. The second-order valence-electron chi connectivity index (χ2n) is 10.6. The number of aliphatic carboxylic acids is 1. The van der Waals surface area contributed by atoms with Gasteiger partial charge in [-0.2, -0.15) is 13.2 Å². The number of benzene rings is 1. The number of alkyl halides is 3. The lowest BCUT2D eigenvalue weighted by Gasteiger charge is -2.49. The van der Waals surface area contributed by atoms with Crippen molar-refractivity contribution in [1.29, 1.82) is 0 Å². The van der Waals surface area contributed by atoms with Crippen LogP contribution in [0.4, 0.5) is 18.3 Å². The first-order chi connectivity index (χ1) is 22.4. The van der Waals surface area contributed by atoms with Crippen molar-refractivity contribution in [2.24, 2.45) is 5.16 Å². The van der Waals surface area contributed by atoms with Crippen LogP contribution in [0.1, 0.15) is 36.9 Å². The summed E-state index contributed by atoms with van der Waals surface area (Å²) in [7, 11) is 0. The second-order valence-corrected chi connectivity index (χ2v) is 14.9. The summed E-state index contributed by atoms with van der Waals surface area (Å²) in [6.45, 7) is 0. The lowest BCUT2D eigenvalue weighted by atomic mass is 10.0. The molecule has 11 nitrogen and oxygen atoms in total. The van der Waals surface area contributed by atoms with E-state index in [1.54, 1.807) is 5.38 Å². The zero-order valence-electron chi connectivity index (χ0n) is 24.0. The Hall–Kier alpha value is -3.87. The molecule has 4 heterocycles. The number of β-lactam (4-membered cyclic amide) rings is 1. The molecule has 2 aliphatic heterocycles. The molecule has 1 saturated carbocycles. The van der Waals surface area contributed by atoms with Crippen LogP contribution >= 0.6 is 46.2 Å². The number of halogens is 3.